The highest BCUT2D eigenvalue weighted by atomic mass is 32.2. The molecule has 1 aliphatic heterocycles. The van der Waals surface area contributed by atoms with Gasteiger partial charge in [-0.25, -0.2) is 4.79 Å². The fourth-order valence-corrected chi connectivity index (χ4v) is 3.70. The standard InChI is InChI=1S/C20H17N3O3S/c1-3-16-21-22-19(25-16)17-18(26-20(24)13-9-5-4-6-10-13)14-11-7-8-12-15(14)27-23(17)2/h4-12H,3H2,1-2H3. The number of carbonyl (C=O) groups excluding carboxylic acids is 1. The second-order valence-corrected chi connectivity index (χ2v) is 7.04. The van der Waals surface area contributed by atoms with E-state index >= 15 is 0 Å². The normalized spacial score (nSPS) is 13.5. The number of benzene rings is 2. The molecule has 4 rings (SSSR count). The number of hydrogen-bond donors (Lipinski definition) is 0. The molecule has 27 heavy (non-hydrogen) atoms. The molecule has 1 aliphatic rings. The molecule has 1 aromatic heterocycles. The van der Waals surface area contributed by atoms with E-state index in [1.54, 1.807) is 24.3 Å². The quantitative estimate of drug-likeness (QED) is 0.495. The van der Waals surface area contributed by atoms with Gasteiger partial charge in [-0.1, -0.05) is 37.3 Å². The molecule has 0 saturated heterocycles. The van der Waals surface area contributed by atoms with Crippen LogP contribution in [0.5, 0.6) is 0 Å². The van der Waals surface area contributed by atoms with E-state index in [0.717, 1.165) is 10.5 Å². The van der Waals surface area contributed by atoms with Gasteiger partial charge in [0.15, 0.2) is 11.5 Å². The van der Waals surface area contributed by atoms with Gasteiger partial charge in [-0.15, -0.1) is 10.2 Å². The minimum Gasteiger partial charge on any atom is -0.420 e. The Hall–Kier alpha value is -3.06. The van der Waals surface area contributed by atoms with Crippen LogP contribution in [0.3, 0.4) is 0 Å². The molecule has 6 nitrogen and oxygen atoms in total. The molecule has 0 bridgehead atoms. The SMILES string of the molecule is CCc1nnc(C2=C(OC(=O)c3ccccc3)c3ccccc3SN2C)o1. The molecule has 0 amide bonds. The van der Waals surface area contributed by atoms with Gasteiger partial charge >= 0.3 is 5.97 Å². The highest BCUT2D eigenvalue weighted by molar-refractivity contribution is 7.97. The molecule has 0 fully saturated rings. The van der Waals surface area contributed by atoms with Crippen molar-refractivity contribution < 1.29 is 13.9 Å². The molecule has 3 aromatic rings. The lowest BCUT2D eigenvalue weighted by molar-refractivity contribution is 0.0691. The molecule has 2 aromatic carbocycles. The summed E-state index contributed by atoms with van der Waals surface area (Å²) in [7, 11) is 1.88. The fourth-order valence-electron chi connectivity index (χ4n) is 2.75. The van der Waals surface area contributed by atoms with Crippen LogP contribution in [-0.4, -0.2) is 27.5 Å². The van der Waals surface area contributed by atoms with Gasteiger partial charge in [0.25, 0.3) is 5.89 Å². The highest BCUT2D eigenvalue weighted by Gasteiger charge is 2.31. The summed E-state index contributed by atoms with van der Waals surface area (Å²) in [5, 5.41) is 8.19. The Balaban J connectivity index is 1.83. The van der Waals surface area contributed by atoms with E-state index < -0.39 is 5.97 Å². The highest BCUT2D eigenvalue weighted by Crippen LogP contribution is 2.44. The van der Waals surface area contributed by atoms with Gasteiger partial charge < -0.3 is 13.5 Å². The summed E-state index contributed by atoms with van der Waals surface area (Å²) in [6.45, 7) is 1.94. The largest absolute Gasteiger partial charge is 0.420 e. The second-order valence-electron chi connectivity index (χ2n) is 5.87. The van der Waals surface area contributed by atoms with Crippen molar-refractivity contribution in [3.8, 4) is 0 Å². The van der Waals surface area contributed by atoms with Crippen LogP contribution in [0.4, 0.5) is 0 Å². The van der Waals surface area contributed by atoms with E-state index in [9.17, 15) is 4.79 Å². The molecule has 0 unspecified atom stereocenters. The van der Waals surface area contributed by atoms with E-state index in [-0.39, 0.29) is 0 Å². The molecular weight excluding hydrogens is 362 g/mol. The van der Waals surface area contributed by atoms with Crippen LogP contribution in [0, 0.1) is 0 Å². The first-order valence-electron chi connectivity index (χ1n) is 8.52. The Morgan fingerprint density at radius 3 is 2.59 bits per heavy atom. The Labute approximate surface area is 161 Å². The second kappa shape index (κ2) is 7.28. The van der Waals surface area contributed by atoms with Crippen molar-refractivity contribution in [2.24, 2.45) is 0 Å². The van der Waals surface area contributed by atoms with Crippen LogP contribution in [-0.2, 0) is 11.2 Å². The van der Waals surface area contributed by atoms with E-state index in [0.29, 0.717) is 35.2 Å². The van der Waals surface area contributed by atoms with Crippen molar-refractivity contribution in [2.75, 3.05) is 7.05 Å². The predicted octanol–water partition coefficient (Wildman–Crippen LogP) is 4.27. The third-order valence-corrected chi connectivity index (χ3v) is 5.08. The van der Waals surface area contributed by atoms with Gasteiger partial charge in [0.2, 0.25) is 5.89 Å². The molecule has 0 radical (unpaired) electrons. The summed E-state index contributed by atoms with van der Waals surface area (Å²) in [5.41, 5.74) is 1.87. The first-order chi connectivity index (χ1) is 13.2. The Morgan fingerprint density at radius 2 is 1.85 bits per heavy atom. The third-order valence-electron chi connectivity index (χ3n) is 4.07. The van der Waals surface area contributed by atoms with Crippen LogP contribution < -0.4 is 0 Å². The molecule has 136 valence electrons. The average Bonchev–Trinajstić information content (AvgIpc) is 3.17. The molecule has 0 saturated carbocycles. The zero-order chi connectivity index (χ0) is 18.8. The summed E-state index contributed by atoms with van der Waals surface area (Å²) in [6.07, 6.45) is 0.632. The van der Waals surface area contributed by atoms with Gasteiger partial charge in [0, 0.05) is 23.9 Å². The lowest BCUT2D eigenvalue weighted by atomic mass is 10.1. The number of ether oxygens (including phenoxy) is 1. The number of aryl methyl sites for hydroxylation is 1. The number of fused-ring (bicyclic) bond motifs is 1. The number of nitrogens with zero attached hydrogens (tertiary/aromatic N) is 3. The van der Waals surface area contributed by atoms with E-state index in [1.165, 1.54) is 11.9 Å². The first kappa shape index (κ1) is 17.4. The van der Waals surface area contributed by atoms with Crippen molar-refractivity contribution in [3.63, 3.8) is 0 Å². The minimum absolute atomic E-state index is 0.326. The number of esters is 1. The van der Waals surface area contributed by atoms with Crippen molar-refractivity contribution in [1.82, 2.24) is 14.5 Å². The molecule has 0 aliphatic carbocycles. The van der Waals surface area contributed by atoms with Crippen molar-refractivity contribution >= 4 is 29.4 Å². The predicted molar refractivity (Wildman–Crippen MR) is 102 cm³/mol. The maximum atomic E-state index is 12.7. The van der Waals surface area contributed by atoms with E-state index in [4.69, 9.17) is 9.15 Å². The van der Waals surface area contributed by atoms with Crippen molar-refractivity contribution in [3.05, 3.63) is 77.5 Å². The van der Waals surface area contributed by atoms with Crippen molar-refractivity contribution in [2.45, 2.75) is 18.2 Å². The van der Waals surface area contributed by atoms with E-state index in [2.05, 4.69) is 10.2 Å². The zero-order valence-corrected chi connectivity index (χ0v) is 15.7. The zero-order valence-electron chi connectivity index (χ0n) is 14.9. The third kappa shape index (κ3) is 3.33. The lowest BCUT2D eigenvalue weighted by Gasteiger charge is -2.28. The molecule has 0 N–H and O–H groups in total. The monoisotopic (exact) mass is 379 g/mol. The topological polar surface area (TPSA) is 68.5 Å². The van der Waals surface area contributed by atoms with Crippen molar-refractivity contribution in [1.29, 1.82) is 0 Å². The number of hydrogen-bond acceptors (Lipinski definition) is 7. The number of carbonyl (C=O) groups is 1. The summed E-state index contributed by atoms with van der Waals surface area (Å²) in [4.78, 5) is 13.7. The molecule has 0 spiro atoms. The van der Waals surface area contributed by atoms with Gasteiger partial charge in [0.1, 0.15) is 0 Å². The Bertz CT molecular complexity index is 1010. The smallest absolute Gasteiger partial charge is 0.343 e. The minimum atomic E-state index is -0.437. The van der Waals surface area contributed by atoms with E-state index in [1.807, 2.05) is 48.6 Å². The summed E-state index contributed by atoms with van der Waals surface area (Å²) in [5.74, 6) is 0.830. The fraction of sp³-hybridized carbons (Fsp3) is 0.150. The maximum Gasteiger partial charge on any atom is 0.343 e. The maximum absolute atomic E-state index is 12.7. The number of rotatable bonds is 4. The lowest BCUT2D eigenvalue weighted by Crippen LogP contribution is -2.18. The molecule has 0 atom stereocenters. The van der Waals surface area contributed by atoms with Gasteiger partial charge in [-0.3, -0.25) is 0 Å². The van der Waals surface area contributed by atoms with Crippen LogP contribution in [0.15, 0.2) is 63.9 Å². The molecular formula is C20H17N3O3S. The Kier molecular flexibility index (Phi) is 4.68. The van der Waals surface area contributed by atoms with Crippen LogP contribution >= 0.6 is 11.9 Å². The van der Waals surface area contributed by atoms with Gasteiger partial charge in [0.05, 0.1) is 5.56 Å². The van der Waals surface area contributed by atoms with Gasteiger partial charge in [-0.05, 0) is 36.2 Å². The summed E-state index contributed by atoms with van der Waals surface area (Å²) < 4.78 is 13.5. The average molecular weight is 379 g/mol. The number of aromatic nitrogens is 2. The molecule has 7 heteroatoms. The van der Waals surface area contributed by atoms with Gasteiger partial charge in [-0.2, -0.15) is 0 Å². The summed E-state index contributed by atoms with van der Waals surface area (Å²) in [6, 6.07) is 16.6. The summed E-state index contributed by atoms with van der Waals surface area (Å²) >= 11 is 1.51. The molecule has 2 heterocycles. The first-order valence-corrected chi connectivity index (χ1v) is 9.30. The van der Waals surface area contributed by atoms with Crippen LogP contribution in [0.1, 0.15) is 34.6 Å². The van der Waals surface area contributed by atoms with Crippen LogP contribution in [0.2, 0.25) is 0 Å². The Morgan fingerprint density at radius 1 is 1.11 bits per heavy atom. The van der Waals surface area contributed by atoms with Crippen LogP contribution in [0.25, 0.3) is 11.5 Å².